The quantitative estimate of drug-likeness (QED) is 0.143. The average molecular weight is 667 g/mol. The summed E-state index contributed by atoms with van der Waals surface area (Å²) in [6, 6.07) is 20.1. The largest absolute Gasteiger partial charge is 0.573 e. The number of alkyl halides is 3. The maximum atomic E-state index is 12.4. The number of aliphatic hydroxyl groups is 1. The van der Waals surface area contributed by atoms with Gasteiger partial charge >= 0.3 is 6.36 Å². The van der Waals surface area contributed by atoms with Gasteiger partial charge < -0.3 is 14.7 Å². The van der Waals surface area contributed by atoms with Crippen molar-refractivity contribution in [3.05, 3.63) is 89.7 Å². The van der Waals surface area contributed by atoms with E-state index in [0.717, 1.165) is 55.1 Å². The van der Waals surface area contributed by atoms with Gasteiger partial charge in [0.1, 0.15) is 12.1 Å². The summed E-state index contributed by atoms with van der Waals surface area (Å²) in [5.41, 5.74) is 6.31. The van der Waals surface area contributed by atoms with Gasteiger partial charge in [0.05, 0.1) is 5.69 Å². The van der Waals surface area contributed by atoms with Crippen LogP contribution < -0.4 is 15.0 Å². The molecule has 250 valence electrons. The number of hydrogen-bond acceptors (Lipinski definition) is 7. The number of aromatic nitrogens is 3. The zero-order valence-corrected chi connectivity index (χ0v) is 27.7. The molecule has 2 atom stereocenters. The van der Waals surface area contributed by atoms with Crippen molar-refractivity contribution in [1.29, 1.82) is 0 Å². The number of benzene rings is 3. The molecule has 0 bridgehead atoms. The Morgan fingerprint density at radius 1 is 1.09 bits per heavy atom. The minimum atomic E-state index is -4.74. The normalized spacial score (nSPS) is 16.0. The summed E-state index contributed by atoms with van der Waals surface area (Å²) in [5, 5.41) is 19.3. The van der Waals surface area contributed by atoms with Gasteiger partial charge in [-0.05, 0) is 92.1 Å². The fraction of sp³-hybridized carbons (Fsp3) is 0.400. The highest BCUT2D eigenvalue weighted by Crippen LogP contribution is 2.30. The van der Waals surface area contributed by atoms with Gasteiger partial charge in [-0.3, -0.25) is 5.32 Å². The number of nitrogens with zero attached hydrogens (tertiary/aromatic N) is 5. The molecule has 12 heteroatoms. The maximum absolute atomic E-state index is 12.4. The van der Waals surface area contributed by atoms with Crippen LogP contribution in [0.1, 0.15) is 49.8 Å². The number of aliphatic hydroxyl groups excluding tert-OH is 1. The molecular weight excluding hydrogens is 625 g/mol. The zero-order valence-electron chi connectivity index (χ0n) is 26.9. The highest BCUT2D eigenvalue weighted by molar-refractivity contribution is 8.14. The van der Waals surface area contributed by atoms with E-state index in [9.17, 15) is 18.3 Å². The lowest BCUT2D eigenvalue weighted by Crippen LogP contribution is -2.38. The average Bonchev–Trinajstić information content (AvgIpc) is 3.53. The van der Waals surface area contributed by atoms with Crippen LogP contribution in [-0.4, -0.2) is 56.6 Å². The molecule has 0 saturated carbocycles. The zero-order chi connectivity index (χ0) is 33.4. The van der Waals surface area contributed by atoms with E-state index in [4.69, 9.17) is 0 Å². The molecule has 0 amide bonds. The van der Waals surface area contributed by atoms with E-state index in [1.807, 2.05) is 12.1 Å². The first-order valence-electron chi connectivity index (χ1n) is 15.9. The molecular formula is C35H41F3N6O2S. The fourth-order valence-electron chi connectivity index (χ4n) is 5.52. The molecule has 0 aliphatic carbocycles. The molecule has 47 heavy (non-hydrogen) atoms. The number of rotatable bonds is 13. The molecule has 2 N–H and O–H groups in total. The Bertz CT molecular complexity index is 1630. The van der Waals surface area contributed by atoms with Crippen LogP contribution in [0.3, 0.4) is 0 Å². The molecule has 1 saturated heterocycles. The predicted molar refractivity (Wildman–Crippen MR) is 182 cm³/mol. The van der Waals surface area contributed by atoms with Crippen LogP contribution in [0.5, 0.6) is 5.75 Å². The predicted octanol–water partition coefficient (Wildman–Crippen LogP) is 7.53. The number of aryl methyl sites for hydroxylation is 2. The second kappa shape index (κ2) is 15.8. The van der Waals surface area contributed by atoms with Gasteiger partial charge in [0.25, 0.3) is 0 Å². The molecule has 1 aliphatic rings. The number of hydrogen-bond donors (Lipinski definition) is 2. The Hall–Kier alpha value is -3.87. The smallest absolute Gasteiger partial charge is 0.406 e. The van der Waals surface area contributed by atoms with Crippen molar-refractivity contribution < 1.29 is 23.0 Å². The molecule has 0 radical (unpaired) electrons. The molecule has 2 heterocycles. The molecule has 0 spiro atoms. The molecule has 1 aromatic heterocycles. The van der Waals surface area contributed by atoms with E-state index in [2.05, 4.69) is 81.1 Å². The Labute approximate surface area is 278 Å². The lowest BCUT2D eigenvalue weighted by atomic mass is 9.97. The van der Waals surface area contributed by atoms with Gasteiger partial charge in [-0.1, -0.05) is 68.4 Å². The number of ether oxygens (including phenoxy) is 1. The lowest BCUT2D eigenvalue weighted by Gasteiger charge is -2.32. The number of aliphatic imine (C=N–C) groups is 1. The third-order valence-electron chi connectivity index (χ3n) is 7.86. The van der Waals surface area contributed by atoms with Crippen molar-refractivity contribution in [2.75, 3.05) is 23.7 Å². The first kappa shape index (κ1) is 34.5. The number of anilines is 1. The summed E-state index contributed by atoms with van der Waals surface area (Å²) in [6.07, 6.45) is 0.723. The Kier molecular flexibility index (Phi) is 11.6. The number of thioether (sulfide) groups is 1. The number of nitrogens with one attached hydrogen (secondary N) is 1. The molecule has 2 unspecified atom stereocenters. The summed E-state index contributed by atoms with van der Waals surface area (Å²) < 4.78 is 42.7. The minimum absolute atomic E-state index is 0.294. The number of halogens is 3. The molecule has 4 aromatic rings. The fourth-order valence-corrected chi connectivity index (χ4v) is 6.50. The lowest BCUT2D eigenvalue weighted by molar-refractivity contribution is -0.274. The van der Waals surface area contributed by atoms with E-state index >= 15 is 0 Å². The van der Waals surface area contributed by atoms with Gasteiger partial charge in [-0.25, -0.2) is 14.7 Å². The third-order valence-corrected chi connectivity index (χ3v) is 8.94. The van der Waals surface area contributed by atoms with Crippen molar-refractivity contribution >= 4 is 22.6 Å². The Morgan fingerprint density at radius 2 is 1.85 bits per heavy atom. The van der Waals surface area contributed by atoms with E-state index in [1.54, 1.807) is 11.8 Å². The third kappa shape index (κ3) is 9.82. The van der Waals surface area contributed by atoms with Crippen molar-refractivity contribution in [2.45, 2.75) is 65.6 Å². The topological polar surface area (TPSA) is 87.8 Å². The van der Waals surface area contributed by atoms with Crippen molar-refractivity contribution in [1.82, 2.24) is 20.1 Å². The summed E-state index contributed by atoms with van der Waals surface area (Å²) >= 11 is 1.70. The van der Waals surface area contributed by atoms with Crippen molar-refractivity contribution in [2.24, 2.45) is 10.9 Å². The van der Waals surface area contributed by atoms with E-state index in [-0.39, 0.29) is 5.75 Å². The van der Waals surface area contributed by atoms with E-state index in [0.29, 0.717) is 24.0 Å². The van der Waals surface area contributed by atoms with E-state index in [1.165, 1.54) is 57.7 Å². The van der Waals surface area contributed by atoms with Crippen LogP contribution >= 0.6 is 11.8 Å². The SMILES string of the molecule is CCCc1ccc(C)cc1N1CCCSC1=NC(O)NCCC(C)Cc1ccc(-c2ncn(-c3ccc(OC(F)(F)F)cc3)n2)cc1. The molecule has 1 fully saturated rings. The molecule has 3 aromatic carbocycles. The van der Waals surface area contributed by atoms with Crippen LogP contribution in [-0.2, 0) is 12.8 Å². The van der Waals surface area contributed by atoms with Crippen LogP contribution in [0, 0.1) is 12.8 Å². The van der Waals surface area contributed by atoms with Gasteiger partial charge in [-0.2, -0.15) is 0 Å². The summed E-state index contributed by atoms with van der Waals surface area (Å²) in [4.78, 5) is 11.3. The van der Waals surface area contributed by atoms with Crippen molar-refractivity contribution in [3.8, 4) is 22.8 Å². The second-order valence-corrected chi connectivity index (χ2v) is 12.9. The van der Waals surface area contributed by atoms with Crippen molar-refractivity contribution in [3.63, 3.8) is 0 Å². The molecule has 5 rings (SSSR count). The summed E-state index contributed by atoms with van der Waals surface area (Å²) in [7, 11) is 0. The maximum Gasteiger partial charge on any atom is 0.573 e. The van der Waals surface area contributed by atoms with Crippen LogP contribution in [0.25, 0.3) is 17.1 Å². The van der Waals surface area contributed by atoms with Crippen LogP contribution in [0.2, 0.25) is 0 Å². The van der Waals surface area contributed by atoms with Gasteiger partial charge in [-0.15, -0.1) is 18.3 Å². The van der Waals surface area contributed by atoms with E-state index < -0.39 is 12.7 Å². The summed E-state index contributed by atoms with van der Waals surface area (Å²) in [5.74, 6) is 1.58. The highest BCUT2D eigenvalue weighted by Gasteiger charge is 2.31. The van der Waals surface area contributed by atoms with Crippen LogP contribution in [0.4, 0.5) is 18.9 Å². The van der Waals surface area contributed by atoms with Gasteiger partial charge in [0.2, 0.25) is 6.35 Å². The standard InChI is InChI=1S/C35H41F3N6O2S/c1-4-6-27-10-7-24(2)22-31(27)43-19-5-20-47-34(43)41-33(45)39-18-17-25(3)21-26-8-11-28(12-9-26)32-40-23-44(42-32)29-13-15-30(16-14-29)46-35(36,37)38/h7-16,22-23,25,33,39,45H,4-6,17-21H2,1-3H3. The monoisotopic (exact) mass is 666 g/mol. The van der Waals surface area contributed by atoms with Gasteiger partial charge in [0, 0.05) is 23.5 Å². The van der Waals surface area contributed by atoms with Crippen LogP contribution in [0.15, 0.2) is 78.0 Å². The highest BCUT2D eigenvalue weighted by atomic mass is 32.2. The Balaban J connectivity index is 1.11. The summed E-state index contributed by atoms with van der Waals surface area (Å²) in [6.45, 7) is 8.02. The second-order valence-electron chi connectivity index (χ2n) is 11.8. The number of amidine groups is 1. The first-order valence-corrected chi connectivity index (χ1v) is 16.9. The first-order chi connectivity index (χ1) is 22.6. The minimum Gasteiger partial charge on any atom is -0.406 e. The molecule has 8 nitrogen and oxygen atoms in total. The molecule has 1 aliphatic heterocycles. The van der Waals surface area contributed by atoms with Gasteiger partial charge in [0.15, 0.2) is 11.0 Å². The Morgan fingerprint density at radius 3 is 2.57 bits per heavy atom.